The van der Waals surface area contributed by atoms with Crippen LogP contribution in [0.2, 0.25) is 0 Å². The average Bonchev–Trinajstić information content (AvgIpc) is 2.76. The molecule has 0 radical (unpaired) electrons. The van der Waals surface area contributed by atoms with E-state index >= 15 is 0 Å². The number of alkyl halides is 3. The summed E-state index contributed by atoms with van der Waals surface area (Å²) in [5, 5.41) is 3.24. The molecular weight excluding hydrogens is 422 g/mol. The maximum absolute atomic E-state index is 13.8. The molecule has 0 bridgehead atoms. The molecule has 32 heavy (non-hydrogen) atoms. The van der Waals surface area contributed by atoms with Crippen molar-refractivity contribution in [3.63, 3.8) is 0 Å². The van der Waals surface area contributed by atoms with Gasteiger partial charge < -0.3 is 5.73 Å². The van der Waals surface area contributed by atoms with Gasteiger partial charge in [0.05, 0.1) is 0 Å². The van der Waals surface area contributed by atoms with Gasteiger partial charge in [0, 0.05) is 12.2 Å². The van der Waals surface area contributed by atoms with Crippen molar-refractivity contribution in [2.75, 3.05) is 0 Å². The van der Waals surface area contributed by atoms with Crippen LogP contribution in [0.5, 0.6) is 0 Å². The number of nitrogens with zero attached hydrogens (tertiary/aromatic N) is 1. The van der Waals surface area contributed by atoms with Crippen LogP contribution in [0.1, 0.15) is 46.5 Å². The molecule has 1 amide bonds. The summed E-state index contributed by atoms with van der Waals surface area (Å²) in [6, 6.07) is 14.7. The van der Waals surface area contributed by atoms with Crippen LogP contribution in [-0.4, -0.2) is 10.9 Å². The maximum Gasteiger partial charge on any atom is 0.433 e. The number of nitrogens with one attached hydrogen (secondary N) is 1. The van der Waals surface area contributed by atoms with Crippen molar-refractivity contribution in [2.45, 2.75) is 38.0 Å². The second kappa shape index (κ2) is 9.91. The molecule has 0 aliphatic heterocycles. The SMILES string of the molecule is Cc1cc([C@H](CCc2ccc(C(F)(F)F)nc2)N[C@H](C(N)=O)c2ccccc2)ccc1F. The Morgan fingerprint density at radius 1 is 1.06 bits per heavy atom. The van der Waals surface area contributed by atoms with E-state index in [0.717, 1.165) is 11.6 Å². The number of hydrogen-bond donors (Lipinski definition) is 2. The Morgan fingerprint density at radius 3 is 2.34 bits per heavy atom. The lowest BCUT2D eigenvalue weighted by atomic mass is 9.95. The Balaban J connectivity index is 1.85. The Kier molecular flexibility index (Phi) is 7.25. The monoisotopic (exact) mass is 445 g/mol. The zero-order valence-corrected chi connectivity index (χ0v) is 17.4. The van der Waals surface area contributed by atoms with Gasteiger partial charge in [0.15, 0.2) is 0 Å². The number of carbonyl (C=O) groups is 1. The highest BCUT2D eigenvalue weighted by atomic mass is 19.4. The van der Waals surface area contributed by atoms with Crippen molar-refractivity contribution in [2.24, 2.45) is 5.73 Å². The fourth-order valence-electron chi connectivity index (χ4n) is 3.47. The van der Waals surface area contributed by atoms with Crippen LogP contribution in [0.15, 0.2) is 66.9 Å². The number of carbonyl (C=O) groups excluding carboxylic acids is 1. The molecule has 4 nitrogen and oxygen atoms in total. The van der Waals surface area contributed by atoms with E-state index in [4.69, 9.17) is 5.73 Å². The van der Waals surface area contributed by atoms with Crippen LogP contribution in [0.25, 0.3) is 0 Å². The van der Waals surface area contributed by atoms with Crippen molar-refractivity contribution in [1.29, 1.82) is 0 Å². The van der Waals surface area contributed by atoms with Gasteiger partial charge in [0.25, 0.3) is 0 Å². The number of aryl methyl sites for hydroxylation is 2. The Hall–Kier alpha value is -3.26. The average molecular weight is 445 g/mol. The van der Waals surface area contributed by atoms with E-state index in [9.17, 15) is 22.4 Å². The zero-order chi connectivity index (χ0) is 23.3. The number of halogens is 4. The lowest BCUT2D eigenvalue weighted by Crippen LogP contribution is -2.36. The minimum atomic E-state index is -4.50. The molecule has 2 aromatic carbocycles. The molecule has 3 aromatic rings. The van der Waals surface area contributed by atoms with E-state index in [0.29, 0.717) is 29.5 Å². The molecule has 0 aliphatic rings. The van der Waals surface area contributed by atoms with Gasteiger partial charge in [-0.3, -0.25) is 15.1 Å². The summed E-state index contributed by atoms with van der Waals surface area (Å²) in [6.07, 6.45) is -2.49. The van der Waals surface area contributed by atoms with Gasteiger partial charge in [0.2, 0.25) is 5.91 Å². The first-order chi connectivity index (χ1) is 15.1. The van der Waals surface area contributed by atoms with Gasteiger partial charge in [-0.15, -0.1) is 0 Å². The van der Waals surface area contributed by atoms with Gasteiger partial charge in [-0.1, -0.05) is 48.5 Å². The first kappa shape index (κ1) is 23.4. The number of pyridine rings is 1. The molecule has 8 heteroatoms. The molecule has 0 unspecified atom stereocenters. The number of hydrogen-bond acceptors (Lipinski definition) is 3. The summed E-state index contributed by atoms with van der Waals surface area (Å²) >= 11 is 0. The molecule has 168 valence electrons. The summed E-state index contributed by atoms with van der Waals surface area (Å²) < 4.78 is 52.1. The minimum absolute atomic E-state index is 0.353. The third-order valence-corrected chi connectivity index (χ3v) is 5.21. The molecule has 0 saturated carbocycles. The molecule has 2 atom stereocenters. The normalized spacial score (nSPS) is 13.5. The third-order valence-electron chi connectivity index (χ3n) is 5.21. The highest BCUT2D eigenvalue weighted by molar-refractivity contribution is 5.81. The van der Waals surface area contributed by atoms with Crippen LogP contribution in [-0.2, 0) is 17.4 Å². The van der Waals surface area contributed by atoms with E-state index in [1.165, 1.54) is 18.3 Å². The van der Waals surface area contributed by atoms with Crippen molar-refractivity contribution >= 4 is 5.91 Å². The summed E-state index contributed by atoms with van der Waals surface area (Å²) in [5.74, 6) is -0.926. The standard InChI is InChI=1S/C24H23F4N3O/c1-15-13-18(9-10-19(15)25)20(31-22(23(29)32)17-5-3-2-4-6-17)11-7-16-8-12-21(30-14-16)24(26,27)28/h2-6,8-10,12-14,20,22,31H,7,11H2,1H3,(H2,29,32)/t20-,22-/m0/s1. The number of nitrogens with two attached hydrogens (primary N) is 1. The molecule has 0 aliphatic carbocycles. The Morgan fingerprint density at radius 2 is 1.78 bits per heavy atom. The lowest BCUT2D eigenvalue weighted by molar-refractivity contribution is -0.141. The second-order valence-corrected chi connectivity index (χ2v) is 7.56. The predicted octanol–water partition coefficient (Wildman–Crippen LogP) is 5.04. The van der Waals surface area contributed by atoms with Crippen LogP contribution in [0, 0.1) is 12.7 Å². The van der Waals surface area contributed by atoms with Crippen LogP contribution in [0.3, 0.4) is 0 Å². The summed E-state index contributed by atoms with van der Waals surface area (Å²) in [5.41, 5.74) is 7.16. The molecule has 1 aromatic heterocycles. The van der Waals surface area contributed by atoms with Gasteiger partial charge in [-0.05, 0) is 54.2 Å². The smallest absolute Gasteiger partial charge is 0.368 e. The zero-order valence-electron chi connectivity index (χ0n) is 17.4. The first-order valence-electron chi connectivity index (χ1n) is 10.0. The summed E-state index contributed by atoms with van der Waals surface area (Å²) in [4.78, 5) is 15.7. The molecule has 1 heterocycles. The maximum atomic E-state index is 13.8. The van der Waals surface area contributed by atoms with E-state index in [2.05, 4.69) is 10.3 Å². The van der Waals surface area contributed by atoms with Crippen molar-refractivity contribution in [3.8, 4) is 0 Å². The van der Waals surface area contributed by atoms with E-state index in [1.54, 1.807) is 43.3 Å². The van der Waals surface area contributed by atoms with E-state index < -0.39 is 29.9 Å². The van der Waals surface area contributed by atoms with Crippen LogP contribution in [0.4, 0.5) is 17.6 Å². The topological polar surface area (TPSA) is 68.0 Å². The molecular formula is C24H23F4N3O. The largest absolute Gasteiger partial charge is 0.433 e. The predicted molar refractivity (Wildman–Crippen MR) is 113 cm³/mol. The van der Waals surface area contributed by atoms with Crippen molar-refractivity contribution in [3.05, 3.63) is 101 Å². The van der Waals surface area contributed by atoms with E-state index in [-0.39, 0.29) is 5.82 Å². The van der Waals surface area contributed by atoms with Crippen LogP contribution >= 0.6 is 0 Å². The number of rotatable bonds is 8. The van der Waals surface area contributed by atoms with E-state index in [1.807, 2.05) is 6.07 Å². The van der Waals surface area contributed by atoms with Gasteiger partial charge in [0.1, 0.15) is 17.6 Å². The summed E-state index contributed by atoms with van der Waals surface area (Å²) in [7, 11) is 0. The van der Waals surface area contributed by atoms with Gasteiger partial charge in [-0.2, -0.15) is 13.2 Å². The second-order valence-electron chi connectivity index (χ2n) is 7.56. The molecule has 3 rings (SSSR count). The third kappa shape index (κ3) is 5.91. The first-order valence-corrected chi connectivity index (χ1v) is 10.0. The molecule has 3 N–H and O–H groups in total. The Bertz CT molecular complexity index is 1050. The highest BCUT2D eigenvalue weighted by Crippen LogP contribution is 2.29. The molecule has 0 spiro atoms. The van der Waals surface area contributed by atoms with Gasteiger partial charge >= 0.3 is 6.18 Å². The lowest BCUT2D eigenvalue weighted by Gasteiger charge is -2.25. The summed E-state index contributed by atoms with van der Waals surface area (Å²) in [6.45, 7) is 1.64. The van der Waals surface area contributed by atoms with Crippen molar-refractivity contribution in [1.82, 2.24) is 10.3 Å². The fourth-order valence-corrected chi connectivity index (χ4v) is 3.47. The van der Waals surface area contributed by atoms with Crippen molar-refractivity contribution < 1.29 is 22.4 Å². The fraction of sp³-hybridized carbons (Fsp3) is 0.250. The highest BCUT2D eigenvalue weighted by Gasteiger charge is 2.32. The molecule has 0 fully saturated rings. The number of aromatic nitrogens is 1. The molecule has 0 saturated heterocycles. The number of amides is 1. The van der Waals surface area contributed by atoms with Crippen LogP contribution < -0.4 is 11.1 Å². The number of primary amides is 1. The van der Waals surface area contributed by atoms with Gasteiger partial charge in [-0.25, -0.2) is 4.39 Å². The minimum Gasteiger partial charge on any atom is -0.368 e. The Labute approximate surface area is 183 Å². The quantitative estimate of drug-likeness (QED) is 0.478. The number of benzene rings is 2.